The van der Waals surface area contributed by atoms with Crippen molar-refractivity contribution in [2.45, 2.75) is 19.4 Å². The van der Waals surface area contributed by atoms with Crippen LogP contribution in [0.25, 0.3) is 0 Å². The normalized spacial score (nSPS) is 17.6. The van der Waals surface area contributed by atoms with Gasteiger partial charge in [0.05, 0.1) is 6.04 Å². The van der Waals surface area contributed by atoms with Crippen LogP contribution in [0.3, 0.4) is 0 Å². The van der Waals surface area contributed by atoms with Crippen LogP contribution in [0.15, 0.2) is 11.6 Å². The number of aliphatic hydroxyl groups excluding tert-OH is 1. The van der Waals surface area contributed by atoms with E-state index >= 15 is 0 Å². The van der Waals surface area contributed by atoms with Crippen molar-refractivity contribution in [1.82, 2.24) is 15.2 Å². The lowest BCUT2D eigenvalue weighted by Crippen LogP contribution is -2.55. The van der Waals surface area contributed by atoms with Crippen molar-refractivity contribution in [1.29, 1.82) is 0 Å². The van der Waals surface area contributed by atoms with Crippen LogP contribution in [-0.4, -0.2) is 40.7 Å². The highest BCUT2D eigenvalue weighted by atomic mass is 32.1. The van der Waals surface area contributed by atoms with E-state index < -0.39 is 0 Å². The number of rotatable bonds is 4. The van der Waals surface area contributed by atoms with Gasteiger partial charge in [0.15, 0.2) is 0 Å². The number of carbonyl (C=O) groups is 1. The largest absolute Gasteiger partial charge is 0.396 e. The maximum absolute atomic E-state index is 11.9. The zero-order chi connectivity index (χ0) is 12.3. The summed E-state index contributed by atoms with van der Waals surface area (Å²) in [6.45, 7) is 3.49. The summed E-state index contributed by atoms with van der Waals surface area (Å²) in [4.78, 5) is 17.8. The maximum atomic E-state index is 11.9. The zero-order valence-electron chi connectivity index (χ0n) is 9.80. The number of hydrogen-bond acceptors (Lipinski definition) is 4. The van der Waals surface area contributed by atoms with Gasteiger partial charge < -0.3 is 15.3 Å². The molecule has 17 heavy (non-hydrogen) atoms. The molecule has 0 spiro atoms. The monoisotopic (exact) mass is 255 g/mol. The van der Waals surface area contributed by atoms with Crippen molar-refractivity contribution in [2.24, 2.45) is 5.92 Å². The first-order valence-electron chi connectivity index (χ1n) is 5.80. The number of carbonyl (C=O) groups excluding carboxylic acids is 1. The highest BCUT2D eigenvalue weighted by Crippen LogP contribution is 2.21. The van der Waals surface area contributed by atoms with E-state index in [1.54, 1.807) is 22.4 Å². The van der Waals surface area contributed by atoms with Gasteiger partial charge >= 0.3 is 6.03 Å². The number of thiazole rings is 1. The Morgan fingerprint density at radius 3 is 3.06 bits per heavy atom. The standard InChI is InChI=1S/C11H17N3O2S/c1-2-9(10-12-3-4-17-10)13-11(16)14-5-8(6-14)7-15/h3-4,8-9,15H,2,5-7H2,1H3,(H,13,16). The Kier molecular flexibility index (Phi) is 3.96. The first-order chi connectivity index (χ1) is 8.24. The highest BCUT2D eigenvalue weighted by Gasteiger charge is 2.31. The maximum Gasteiger partial charge on any atom is 0.317 e. The molecule has 1 aliphatic rings. The molecule has 2 N–H and O–H groups in total. The van der Waals surface area contributed by atoms with Crippen LogP contribution in [0.5, 0.6) is 0 Å². The molecule has 2 amide bonds. The minimum Gasteiger partial charge on any atom is -0.396 e. The zero-order valence-corrected chi connectivity index (χ0v) is 10.6. The third kappa shape index (κ3) is 2.76. The molecule has 0 aliphatic carbocycles. The van der Waals surface area contributed by atoms with Gasteiger partial charge in [0.1, 0.15) is 5.01 Å². The Morgan fingerprint density at radius 2 is 2.53 bits per heavy atom. The summed E-state index contributed by atoms with van der Waals surface area (Å²) >= 11 is 1.56. The second-order valence-corrected chi connectivity index (χ2v) is 5.16. The highest BCUT2D eigenvalue weighted by molar-refractivity contribution is 7.09. The fraction of sp³-hybridized carbons (Fsp3) is 0.636. The van der Waals surface area contributed by atoms with Crippen LogP contribution in [-0.2, 0) is 0 Å². The number of likely N-dealkylation sites (tertiary alicyclic amines) is 1. The SMILES string of the molecule is CCC(NC(=O)N1CC(CO)C1)c1nccs1. The topological polar surface area (TPSA) is 65.5 Å². The molecule has 0 saturated carbocycles. The number of nitrogens with zero attached hydrogens (tertiary/aromatic N) is 2. The van der Waals surface area contributed by atoms with E-state index in [0.29, 0.717) is 13.1 Å². The summed E-state index contributed by atoms with van der Waals surface area (Å²) in [6.07, 6.45) is 2.58. The predicted octanol–water partition coefficient (Wildman–Crippen LogP) is 1.23. The van der Waals surface area contributed by atoms with Crippen molar-refractivity contribution < 1.29 is 9.90 Å². The summed E-state index contributed by atoms with van der Waals surface area (Å²) < 4.78 is 0. The summed E-state index contributed by atoms with van der Waals surface area (Å²) in [7, 11) is 0. The van der Waals surface area contributed by atoms with E-state index in [-0.39, 0.29) is 24.6 Å². The first kappa shape index (κ1) is 12.3. The van der Waals surface area contributed by atoms with Gasteiger partial charge in [-0.3, -0.25) is 0 Å². The third-order valence-electron chi connectivity index (χ3n) is 2.96. The van der Waals surface area contributed by atoms with Crippen molar-refractivity contribution in [3.63, 3.8) is 0 Å². The molecule has 1 aromatic heterocycles. The molecule has 0 aromatic carbocycles. The van der Waals surface area contributed by atoms with E-state index in [9.17, 15) is 4.79 Å². The average molecular weight is 255 g/mol. The van der Waals surface area contributed by atoms with E-state index in [0.717, 1.165) is 11.4 Å². The molecule has 1 fully saturated rings. The number of urea groups is 1. The summed E-state index contributed by atoms with van der Waals surface area (Å²) in [6, 6.07) is -0.0626. The number of hydrogen-bond donors (Lipinski definition) is 2. The van der Waals surface area contributed by atoms with Gasteiger partial charge in [-0.05, 0) is 6.42 Å². The van der Waals surface area contributed by atoms with E-state index in [4.69, 9.17) is 5.11 Å². The predicted molar refractivity (Wildman–Crippen MR) is 65.8 cm³/mol. The molecule has 5 nitrogen and oxygen atoms in total. The van der Waals surface area contributed by atoms with Crippen LogP contribution < -0.4 is 5.32 Å². The van der Waals surface area contributed by atoms with Gasteiger partial charge in [-0.15, -0.1) is 11.3 Å². The van der Waals surface area contributed by atoms with E-state index in [2.05, 4.69) is 10.3 Å². The molecule has 94 valence electrons. The lowest BCUT2D eigenvalue weighted by molar-refractivity contribution is 0.0761. The van der Waals surface area contributed by atoms with Crippen LogP contribution in [0.4, 0.5) is 4.79 Å². The van der Waals surface area contributed by atoms with Crippen LogP contribution >= 0.6 is 11.3 Å². The molecule has 1 aromatic rings. The van der Waals surface area contributed by atoms with Crippen molar-refractivity contribution in [3.05, 3.63) is 16.6 Å². The number of aliphatic hydroxyl groups is 1. The fourth-order valence-corrected chi connectivity index (χ4v) is 2.61. The Bertz CT molecular complexity index is 363. The van der Waals surface area contributed by atoms with Crippen molar-refractivity contribution in [2.75, 3.05) is 19.7 Å². The number of aromatic nitrogens is 1. The molecular weight excluding hydrogens is 238 g/mol. The summed E-state index contributed by atoms with van der Waals surface area (Å²) in [5.41, 5.74) is 0. The number of amides is 2. The van der Waals surface area contributed by atoms with Crippen molar-refractivity contribution in [3.8, 4) is 0 Å². The fourth-order valence-electron chi connectivity index (χ4n) is 1.84. The van der Waals surface area contributed by atoms with Crippen LogP contribution in [0, 0.1) is 5.92 Å². The van der Waals surface area contributed by atoms with Gasteiger partial charge in [0, 0.05) is 37.2 Å². The molecule has 6 heteroatoms. The third-order valence-corrected chi connectivity index (χ3v) is 3.85. The molecule has 1 aliphatic heterocycles. The van der Waals surface area contributed by atoms with E-state index in [1.807, 2.05) is 12.3 Å². The van der Waals surface area contributed by atoms with Crippen LogP contribution in [0.1, 0.15) is 24.4 Å². The molecule has 0 radical (unpaired) electrons. The lowest BCUT2D eigenvalue weighted by Gasteiger charge is -2.38. The average Bonchev–Trinajstić information content (AvgIpc) is 2.77. The minimum atomic E-state index is -0.0586. The molecule has 0 bridgehead atoms. The Hall–Kier alpha value is -1.14. The summed E-state index contributed by atoms with van der Waals surface area (Å²) in [5, 5.41) is 14.7. The molecule has 2 heterocycles. The Balaban J connectivity index is 1.85. The van der Waals surface area contributed by atoms with E-state index in [1.165, 1.54) is 0 Å². The smallest absolute Gasteiger partial charge is 0.317 e. The van der Waals surface area contributed by atoms with Crippen molar-refractivity contribution >= 4 is 17.4 Å². The molecule has 1 atom stereocenters. The van der Waals surface area contributed by atoms with Gasteiger partial charge in [-0.2, -0.15) is 0 Å². The van der Waals surface area contributed by atoms with Gasteiger partial charge in [0.25, 0.3) is 0 Å². The Morgan fingerprint density at radius 1 is 1.76 bits per heavy atom. The second kappa shape index (κ2) is 5.46. The second-order valence-electron chi connectivity index (χ2n) is 4.23. The summed E-state index contributed by atoms with van der Waals surface area (Å²) in [5.74, 6) is 0.251. The van der Waals surface area contributed by atoms with Crippen LogP contribution in [0.2, 0.25) is 0 Å². The lowest BCUT2D eigenvalue weighted by atomic mass is 10.0. The molecule has 1 saturated heterocycles. The molecule has 2 rings (SSSR count). The van der Waals surface area contributed by atoms with Gasteiger partial charge in [-0.1, -0.05) is 6.92 Å². The molecular formula is C11H17N3O2S. The Labute approximate surface area is 104 Å². The van der Waals surface area contributed by atoms with Gasteiger partial charge in [0.2, 0.25) is 0 Å². The quantitative estimate of drug-likeness (QED) is 0.850. The first-order valence-corrected chi connectivity index (χ1v) is 6.68. The number of nitrogens with one attached hydrogen (secondary N) is 1. The minimum absolute atomic E-state index is 0.00400. The molecule has 1 unspecified atom stereocenters. The van der Waals surface area contributed by atoms with Gasteiger partial charge in [-0.25, -0.2) is 9.78 Å².